The first-order chi connectivity index (χ1) is 7.44. The summed E-state index contributed by atoms with van der Waals surface area (Å²) in [6.45, 7) is 0.361. The standard InChI is InChI=1S/C10H15BrF3NO/c11-5-6-15(8-3-1-2-4-8)9(16)7-10(12,13)14/h8H,1-7H2. The zero-order valence-corrected chi connectivity index (χ0v) is 10.5. The average molecular weight is 302 g/mol. The minimum Gasteiger partial charge on any atom is -0.339 e. The summed E-state index contributed by atoms with van der Waals surface area (Å²) in [5.74, 6) is -0.793. The number of hydrogen-bond donors (Lipinski definition) is 0. The second-order valence-corrected chi connectivity index (χ2v) is 4.80. The van der Waals surface area contributed by atoms with Gasteiger partial charge in [0.05, 0.1) is 0 Å². The highest BCUT2D eigenvalue weighted by Crippen LogP contribution is 2.27. The Morgan fingerprint density at radius 1 is 1.31 bits per heavy atom. The monoisotopic (exact) mass is 301 g/mol. The van der Waals surface area contributed by atoms with Crippen LogP contribution in [-0.2, 0) is 4.79 Å². The van der Waals surface area contributed by atoms with Gasteiger partial charge in [0.1, 0.15) is 6.42 Å². The van der Waals surface area contributed by atoms with Gasteiger partial charge in [-0.05, 0) is 12.8 Å². The molecule has 2 nitrogen and oxygen atoms in total. The number of amides is 1. The molecule has 0 bridgehead atoms. The van der Waals surface area contributed by atoms with Crippen molar-refractivity contribution in [3.05, 3.63) is 0 Å². The van der Waals surface area contributed by atoms with E-state index in [0.29, 0.717) is 11.9 Å². The number of carbonyl (C=O) groups is 1. The van der Waals surface area contributed by atoms with Gasteiger partial charge in [0, 0.05) is 17.9 Å². The van der Waals surface area contributed by atoms with E-state index in [1.165, 1.54) is 4.90 Å². The lowest BCUT2D eigenvalue weighted by Gasteiger charge is -2.28. The van der Waals surface area contributed by atoms with Crippen LogP contribution in [0.5, 0.6) is 0 Å². The molecule has 1 rings (SSSR count). The van der Waals surface area contributed by atoms with Crippen LogP contribution in [0.1, 0.15) is 32.1 Å². The molecule has 0 aliphatic heterocycles. The number of nitrogens with zero attached hydrogens (tertiary/aromatic N) is 1. The van der Waals surface area contributed by atoms with Crippen molar-refractivity contribution < 1.29 is 18.0 Å². The zero-order valence-electron chi connectivity index (χ0n) is 8.89. The lowest BCUT2D eigenvalue weighted by atomic mass is 10.2. The summed E-state index contributed by atoms with van der Waals surface area (Å²) in [4.78, 5) is 12.9. The number of rotatable bonds is 4. The van der Waals surface area contributed by atoms with Gasteiger partial charge in [-0.2, -0.15) is 13.2 Å². The Bertz CT molecular complexity index is 239. The number of carbonyl (C=O) groups excluding carboxylic acids is 1. The topological polar surface area (TPSA) is 20.3 Å². The lowest BCUT2D eigenvalue weighted by Crippen LogP contribution is -2.41. The summed E-state index contributed by atoms with van der Waals surface area (Å²) in [5, 5.41) is 0.521. The zero-order chi connectivity index (χ0) is 12.2. The van der Waals surface area contributed by atoms with Crippen LogP contribution in [0.4, 0.5) is 13.2 Å². The predicted octanol–water partition coefficient (Wildman–Crippen LogP) is 3.10. The molecule has 0 saturated heterocycles. The molecule has 0 aromatic rings. The molecule has 16 heavy (non-hydrogen) atoms. The van der Waals surface area contributed by atoms with Crippen LogP contribution in [0.25, 0.3) is 0 Å². The third-order valence-corrected chi connectivity index (χ3v) is 3.12. The van der Waals surface area contributed by atoms with E-state index in [0.717, 1.165) is 25.7 Å². The van der Waals surface area contributed by atoms with E-state index < -0.39 is 18.5 Å². The van der Waals surface area contributed by atoms with Crippen molar-refractivity contribution in [2.24, 2.45) is 0 Å². The molecule has 0 unspecified atom stereocenters. The fourth-order valence-corrected chi connectivity index (χ4v) is 2.47. The Kier molecular flexibility index (Phi) is 5.08. The molecular formula is C10H15BrF3NO. The van der Waals surface area contributed by atoms with E-state index in [2.05, 4.69) is 15.9 Å². The molecule has 0 radical (unpaired) electrons. The SMILES string of the molecule is O=C(CC(F)(F)F)N(CCBr)C1CCCC1. The lowest BCUT2D eigenvalue weighted by molar-refractivity contribution is -0.162. The third kappa shape index (κ3) is 4.31. The highest BCUT2D eigenvalue weighted by molar-refractivity contribution is 9.09. The molecule has 1 fully saturated rings. The first-order valence-corrected chi connectivity index (χ1v) is 6.48. The molecule has 94 valence electrons. The largest absolute Gasteiger partial charge is 0.397 e. The molecule has 0 atom stereocenters. The van der Waals surface area contributed by atoms with Crippen LogP contribution in [0.2, 0.25) is 0 Å². The Labute approximate surface area is 101 Å². The fraction of sp³-hybridized carbons (Fsp3) is 0.900. The van der Waals surface area contributed by atoms with Crippen molar-refractivity contribution in [3.8, 4) is 0 Å². The Hall–Kier alpha value is -0.260. The van der Waals surface area contributed by atoms with E-state index in [1.807, 2.05) is 0 Å². The normalized spacial score (nSPS) is 17.8. The van der Waals surface area contributed by atoms with Gasteiger partial charge < -0.3 is 4.90 Å². The number of alkyl halides is 4. The van der Waals surface area contributed by atoms with Gasteiger partial charge in [-0.25, -0.2) is 0 Å². The van der Waals surface area contributed by atoms with Gasteiger partial charge in [-0.3, -0.25) is 4.79 Å². The molecule has 0 aromatic carbocycles. The van der Waals surface area contributed by atoms with Gasteiger partial charge in [-0.15, -0.1) is 0 Å². The molecular weight excluding hydrogens is 287 g/mol. The molecule has 0 aromatic heterocycles. The molecule has 1 aliphatic carbocycles. The first kappa shape index (κ1) is 13.8. The van der Waals surface area contributed by atoms with Gasteiger partial charge in [0.2, 0.25) is 5.91 Å². The van der Waals surface area contributed by atoms with Crippen molar-refractivity contribution >= 4 is 21.8 Å². The van der Waals surface area contributed by atoms with Crippen LogP contribution in [0.15, 0.2) is 0 Å². The quantitative estimate of drug-likeness (QED) is 0.731. The molecule has 6 heteroatoms. The van der Waals surface area contributed by atoms with Crippen LogP contribution >= 0.6 is 15.9 Å². The Morgan fingerprint density at radius 3 is 2.31 bits per heavy atom. The summed E-state index contributed by atoms with van der Waals surface area (Å²) >= 11 is 3.17. The molecule has 1 aliphatic rings. The maximum atomic E-state index is 12.1. The van der Waals surface area contributed by atoms with Crippen molar-refractivity contribution in [1.29, 1.82) is 0 Å². The van der Waals surface area contributed by atoms with Gasteiger partial charge in [-0.1, -0.05) is 28.8 Å². The maximum absolute atomic E-state index is 12.1. The smallest absolute Gasteiger partial charge is 0.339 e. The molecule has 1 amide bonds. The maximum Gasteiger partial charge on any atom is 0.397 e. The number of halogens is 4. The summed E-state index contributed by atoms with van der Waals surface area (Å²) in [6, 6.07) is 0.00685. The van der Waals surface area contributed by atoms with Crippen LogP contribution < -0.4 is 0 Å². The van der Waals surface area contributed by atoms with E-state index in [1.54, 1.807) is 0 Å². The minimum atomic E-state index is -4.40. The van der Waals surface area contributed by atoms with E-state index in [-0.39, 0.29) is 6.04 Å². The van der Waals surface area contributed by atoms with Crippen molar-refractivity contribution in [2.75, 3.05) is 11.9 Å². The third-order valence-electron chi connectivity index (χ3n) is 2.76. The Morgan fingerprint density at radius 2 is 1.88 bits per heavy atom. The second kappa shape index (κ2) is 5.89. The summed E-state index contributed by atoms with van der Waals surface area (Å²) in [5.41, 5.74) is 0. The summed E-state index contributed by atoms with van der Waals surface area (Å²) in [6.07, 6.45) is -2.07. The molecule has 0 spiro atoms. The fourth-order valence-electron chi connectivity index (χ4n) is 2.09. The molecule has 0 N–H and O–H groups in total. The first-order valence-electron chi connectivity index (χ1n) is 5.36. The number of hydrogen-bond acceptors (Lipinski definition) is 1. The minimum absolute atomic E-state index is 0.00685. The summed E-state index contributed by atoms with van der Waals surface area (Å²) in [7, 11) is 0. The van der Waals surface area contributed by atoms with E-state index in [4.69, 9.17) is 0 Å². The molecule has 0 heterocycles. The van der Waals surface area contributed by atoms with Crippen molar-refractivity contribution in [1.82, 2.24) is 4.90 Å². The average Bonchev–Trinajstić information content (AvgIpc) is 2.63. The second-order valence-electron chi connectivity index (χ2n) is 4.01. The summed E-state index contributed by atoms with van der Waals surface area (Å²) < 4.78 is 36.4. The predicted molar refractivity (Wildman–Crippen MR) is 58.4 cm³/mol. The van der Waals surface area contributed by atoms with Crippen LogP contribution in [0.3, 0.4) is 0 Å². The van der Waals surface area contributed by atoms with E-state index in [9.17, 15) is 18.0 Å². The van der Waals surface area contributed by atoms with Crippen molar-refractivity contribution in [2.45, 2.75) is 44.3 Å². The van der Waals surface area contributed by atoms with Gasteiger partial charge in [0.15, 0.2) is 0 Å². The van der Waals surface area contributed by atoms with Crippen LogP contribution in [-0.4, -0.2) is 34.9 Å². The molecule has 1 saturated carbocycles. The van der Waals surface area contributed by atoms with Gasteiger partial charge >= 0.3 is 6.18 Å². The Balaban J connectivity index is 2.57. The van der Waals surface area contributed by atoms with Gasteiger partial charge in [0.25, 0.3) is 0 Å². The van der Waals surface area contributed by atoms with Crippen molar-refractivity contribution in [3.63, 3.8) is 0 Å². The highest BCUT2D eigenvalue weighted by atomic mass is 79.9. The van der Waals surface area contributed by atoms with Crippen LogP contribution in [0, 0.1) is 0 Å². The highest BCUT2D eigenvalue weighted by Gasteiger charge is 2.35. The van der Waals surface area contributed by atoms with E-state index >= 15 is 0 Å².